The molecule has 0 saturated carbocycles. The van der Waals surface area contributed by atoms with E-state index >= 15 is 0 Å². The van der Waals surface area contributed by atoms with Gasteiger partial charge >= 0.3 is 0 Å². The molecule has 4 nitrogen and oxygen atoms in total. The Morgan fingerprint density at radius 3 is 2.81 bits per heavy atom. The highest BCUT2D eigenvalue weighted by Crippen LogP contribution is 2.34. The van der Waals surface area contributed by atoms with Crippen molar-refractivity contribution in [3.63, 3.8) is 0 Å². The van der Waals surface area contributed by atoms with Crippen LogP contribution in [0.4, 0.5) is 5.69 Å². The lowest BCUT2D eigenvalue weighted by atomic mass is 10.2. The minimum atomic E-state index is -0.367. The molecule has 0 spiro atoms. The number of ketones is 1. The summed E-state index contributed by atoms with van der Waals surface area (Å²) in [6, 6.07) is 1.96. The van der Waals surface area contributed by atoms with E-state index in [-0.39, 0.29) is 23.4 Å². The van der Waals surface area contributed by atoms with E-state index in [2.05, 4.69) is 10.3 Å². The molecule has 7 heteroatoms. The number of nitrogens with zero attached hydrogens (tertiary/aromatic N) is 1. The van der Waals surface area contributed by atoms with Crippen LogP contribution in [-0.4, -0.2) is 34.4 Å². The summed E-state index contributed by atoms with van der Waals surface area (Å²) in [6.45, 7) is 1.94. The van der Waals surface area contributed by atoms with Crippen LogP contribution in [0, 0.1) is 6.92 Å². The molecule has 0 bridgehead atoms. The van der Waals surface area contributed by atoms with Crippen molar-refractivity contribution in [2.75, 3.05) is 17.8 Å². The Bertz CT molecular complexity index is 577. The fourth-order valence-electron chi connectivity index (χ4n) is 1.91. The molecule has 1 aromatic rings. The molecule has 0 aliphatic carbocycles. The summed E-state index contributed by atoms with van der Waals surface area (Å²) in [5.74, 6) is -0.153. The zero-order valence-electron chi connectivity index (χ0n) is 12.0. The van der Waals surface area contributed by atoms with Gasteiger partial charge in [0.25, 0.3) is 0 Å². The molecular weight excluding hydrogens is 324 g/mol. The number of carbonyl (C=O) groups is 2. The molecule has 1 amide bonds. The molecule has 1 unspecified atom stereocenters. The van der Waals surface area contributed by atoms with Gasteiger partial charge in [-0.1, -0.05) is 0 Å². The molecule has 0 fully saturated rings. The summed E-state index contributed by atoms with van der Waals surface area (Å²) in [6.07, 6.45) is 5.66. The minimum Gasteiger partial charge on any atom is -0.322 e. The molecule has 1 aliphatic rings. The molecule has 0 saturated heterocycles. The second-order valence-corrected chi connectivity index (χ2v) is 7.19. The van der Waals surface area contributed by atoms with Crippen LogP contribution < -0.4 is 5.32 Å². The molecule has 1 aliphatic heterocycles. The standard InChI is InChI=1S/C14H16N2O2S3/c1-8-6-10(19-2)12(14(15-8)20-3)16-13(18)11-7-9(17)4-5-21-11/h4-6,11H,7H2,1-3H3,(H,16,18). The van der Waals surface area contributed by atoms with Gasteiger partial charge in [-0.3, -0.25) is 9.59 Å². The number of allylic oxidation sites excluding steroid dienone is 1. The van der Waals surface area contributed by atoms with Crippen LogP contribution in [0.15, 0.2) is 27.5 Å². The highest BCUT2D eigenvalue weighted by molar-refractivity contribution is 8.03. The normalized spacial score (nSPS) is 17.9. The van der Waals surface area contributed by atoms with Crippen molar-refractivity contribution in [2.24, 2.45) is 0 Å². The number of nitrogens with one attached hydrogen (secondary N) is 1. The number of aromatic nitrogens is 1. The van der Waals surface area contributed by atoms with Crippen molar-refractivity contribution < 1.29 is 9.59 Å². The van der Waals surface area contributed by atoms with Gasteiger partial charge in [-0.2, -0.15) is 0 Å². The second-order valence-electron chi connectivity index (χ2n) is 4.44. The number of pyridine rings is 1. The van der Waals surface area contributed by atoms with Crippen LogP contribution in [0.5, 0.6) is 0 Å². The lowest BCUT2D eigenvalue weighted by Crippen LogP contribution is -2.28. The van der Waals surface area contributed by atoms with Crippen molar-refractivity contribution >= 4 is 52.7 Å². The van der Waals surface area contributed by atoms with Crippen LogP contribution >= 0.6 is 35.3 Å². The smallest absolute Gasteiger partial charge is 0.238 e. The van der Waals surface area contributed by atoms with Crippen LogP contribution in [0.3, 0.4) is 0 Å². The zero-order chi connectivity index (χ0) is 15.4. The first-order valence-corrected chi connectivity index (χ1v) is 9.69. The van der Waals surface area contributed by atoms with E-state index in [4.69, 9.17) is 0 Å². The highest BCUT2D eigenvalue weighted by atomic mass is 32.2. The minimum absolute atomic E-state index is 0.00823. The third-order valence-corrected chi connectivity index (χ3v) is 5.36. The predicted octanol–water partition coefficient (Wildman–Crippen LogP) is 3.36. The number of thioether (sulfide) groups is 3. The van der Waals surface area contributed by atoms with Crippen LogP contribution in [0.1, 0.15) is 12.1 Å². The summed E-state index contributed by atoms with van der Waals surface area (Å²) in [4.78, 5) is 29.2. The molecule has 0 aromatic carbocycles. The first-order valence-electron chi connectivity index (χ1n) is 6.30. The van der Waals surface area contributed by atoms with Gasteiger partial charge in [0.2, 0.25) is 5.91 Å². The topological polar surface area (TPSA) is 59.1 Å². The van der Waals surface area contributed by atoms with Gasteiger partial charge in [0.1, 0.15) is 5.03 Å². The maximum Gasteiger partial charge on any atom is 0.238 e. The maximum absolute atomic E-state index is 12.4. The van der Waals surface area contributed by atoms with Gasteiger partial charge in [0, 0.05) is 17.0 Å². The highest BCUT2D eigenvalue weighted by Gasteiger charge is 2.25. The van der Waals surface area contributed by atoms with Crippen molar-refractivity contribution in [1.29, 1.82) is 0 Å². The Balaban J connectivity index is 2.24. The van der Waals surface area contributed by atoms with Crippen molar-refractivity contribution in [2.45, 2.75) is 28.5 Å². The predicted molar refractivity (Wildman–Crippen MR) is 91.3 cm³/mol. The maximum atomic E-state index is 12.4. The number of rotatable bonds is 4. The molecule has 112 valence electrons. The molecule has 1 aromatic heterocycles. The Morgan fingerprint density at radius 2 is 2.19 bits per heavy atom. The molecule has 0 radical (unpaired) electrons. The summed E-state index contributed by atoms with van der Waals surface area (Å²) < 4.78 is 0. The Hall–Kier alpha value is -0.920. The third kappa shape index (κ3) is 4.05. The van der Waals surface area contributed by atoms with Gasteiger partial charge in [-0.15, -0.1) is 35.3 Å². The fourth-order valence-corrected chi connectivity index (χ4v) is 4.07. The summed E-state index contributed by atoms with van der Waals surface area (Å²) in [5, 5.41) is 5.07. The van der Waals surface area contributed by atoms with E-state index < -0.39 is 0 Å². The van der Waals surface area contributed by atoms with Gasteiger partial charge in [-0.25, -0.2) is 4.98 Å². The Kier molecular flexibility index (Phi) is 5.78. The molecule has 2 rings (SSSR count). The van der Waals surface area contributed by atoms with E-state index in [9.17, 15) is 9.59 Å². The van der Waals surface area contributed by atoms with Crippen molar-refractivity contribution in [1.82, 2.24) is 4.98 Å². The lowest BCUT2D eigenvalue weighted by molar-refractivity contribution is -0.120. The summed E-state index contributed by atoms with van der Waals surface area (Å²) in [5.41, 5.74) is 1.67. The van der Waals surface area contributed by atoms with E-state index in [0.717, 1.165) is 21.3 Å². The number of carbonyl (C=O) groups excluding carboxylic acids is 2. The van der Waals surface area contributed by atoms with Gasteiger partial charge in [-0.05, 0) is 37.0 Å². The average molecular weight is 340 g/mol. The zero-order valence-corrected chi connectivity index (χ0v) is 14.5. The number of hydrogen-bond donors (Lipinski definition) is 1. The molecule has 2 heterocycles. The van der Waals surface area contributed by atoms with E-state index in [1.165, 1.54) is 29.6 Å². The first kappa shape index (κ1) is 16.5. The number of anilines is 1. The quantitative estimate of drug-likeness (QED) is 0.848. The number of aryl methyl sites for hydroxylation is 1. The monoisotopic (exact) mass is 340 g/mol. The van der Waals surface area contributed by atoms with E-state index in [0.29, 0.717) is 0 Å². The summed E-state index contributed by atoms with van der Waals surface area (Å²) in [7, 11) is 0. The largest absolute Gasteiger partial charge is 0.322 e. The SMILES string of the molecule is CSc1cc(C)nc(SC)c1NC(=O)C1CC(=O)C=CS1. The lowest BCUT2D eigenvalue weighted by Gasteiger charge is -2.19. The van der Waals surface area contributed by atoms with Crippen LogP contribution in [-0.2, 0) is 9.59 Å². The number of amides is 1. The van der Waals surface area contributed by atoms with Gasteiger partial charge in [0.05, 0.1) is 10.9 Å². The first-order chi connectivity index (χ1) is 10.0. The van der Waals surface area contributed by atoms with Crippen molar-refractivity contribution in [3.05, 3.63) is 23.2 Å². The molecule has 1 atom stereocenters. The van der Waals surface area contributed by atoms with Crippen molar-refractivity contribution in [3.8, 4) is 0 Å². The van der Waals surface area contributed by atoms with E-state index in [1.807, 2.05) is 25.5 Å². The van der Waals surface area contributed by atoms with E-state index in [1.54, 1.807) is 17.2 Å². The summed E-state index contributed by atoms with van der Waals surface area (Å²) >= 11 is 4.45. The Morgan fingerprint density at radius 1 is 1.43 bits per heavy atom. The molecule has 1 N–H and O–H groups in total. The Labute approximate surface area is 136 Å². The molecule has 21 heavy (non-hydrogen) atoms. The average Bonchev–Trinajstić information content (AvgIpc) is 2.48. The third-order valence-electron chi connectivity index (χ3n) is 2.92. The van der Waals surface area contributed by atoms with Gasteiger partial charge in [0.15, 0.2) is 5.78 Å². The van der Waals surface area contributed by atoms with Crippen LogP contribution in [0.2, 0.25) is 0 Å². The molecular formula is C14H16N2O2S3. The van der Waals surface area contributed by atoms with Gasteiger partial charge < -0.3 is 5.32 Å². The van der Waals surface area contributed by atoms with Crippen LogP contribution in [0.25, 0.3) is 0 Å². The fraction of sp³-hybridized carbons (Fsp3) is 0.357. The number of hydrogen-bond acceptors (Lipinski definition) is 6. The second kappa shape index (κ2) is 7.38.